The lowest BCUT2D eigenvalue weighted by Gasteiger charge is -2.59. The maximum absolute atomic E-state index is 13.5. The molecule has 0 aromatic heterocycles. The summed E-state index contributed by atoms with van der Waals surface area (Å²) in [7, 11) is 0. The van der Waals surface area contributed by atoms with Crippen molar-refractivity contribution in [1.82, 2.24) is 0 Å². The van der Waals surface area contributed by atoms with Gasteiger partial charge in [0.05, 0.1) is 11.7 Å². The molecule has 1 heterocycles. The van der Waals surface area contributed by atoms with Crippen LogP contribution in [-0.4, -0.2) is 11.8 Å². The highest BCUT2D eigenvalue weighted by molar-refractivity contribution is 6.02. The zero-order valence-electron chi connectivity index (χ0n) is 20.3. The number of allylic oxidation sites excluding steroid dienone is 1. The fourth-order valence-electron chi connectivity index (χ4n) is 6.30. The lowest BCUT2D eigenvalue weighted by molar-refractivity contribution is -0.116. The summed E-state index contributed by atoms with van der Waals surface area (Å²) in [4.78, 5) is 18.4. The minimum Gasteiger partial charge on any atom is -0.338 e. The van der Waals surface area contributed by atoms with E-state index in [0.29, 0.717) is 6.42 Å². The van der Waals surface area contributed by atoms with Gasteiger partial charge in [0.15, 0.2) is 5.78 Å². The number of fused-ring (bicyclic) bond motifs is 1. The van der Waals surface area contributed by atoms with Gasteiger partial charge in [-0.15, -0.1) is 0 Å². The van der Waals surface area contributed by atoms with Gasteiger partial charge in [0.1, 0.15) is 5.66 Å². The van der Waals surface area contributed by atoms with Gasteiger partial charge >= 0.3 is 0 Å². The summed E-state index contributed by atoms with van der Waals surface area (Å²) >= 11 is 0. The van der Waals surface area contributed by atoms with Crippen molar-refractivity contribution in [3.8, 4) is 0 Å². The Labute approximate surface area is 207 Å². The first-order valence-corrected chi connectivity index (χ1v) is 12.5. The zero-order chi connectivity index (χ0) is 24.0. The predicted molar refractivity (Wildman–Crippen MR) is 144 cm³/mol. The minimum atomic E-state index is -0.539. The summed E-state index contributed by atoms with van der Waals surface area (Å²) in [5.74, 6) is 0.278. The highest BCUT2D eigenvalue weighted by Gasteiger charge is 2.51. The molecule has 0 bridgehead atoms. The second-order valence-electron chi connectivity index (χ2n) is 9.74. The number of hydrogen-bond donors (Lipinski definition) is 0. The highest BCUT2D eigenvalue weighted by Crippen LogP contribution is 2.51. The number of Topliss-reactive ketones (excluding diaryl/α,β-unsaturated/α-hetero) is 1. The van der Waals surface area contributed by atoms with Gasteiger partial charge in [0.2, 0.25) is 0 Å². The molecule has 174 valence electrons. The maximum Gasteiger partial charge on any atom is 0.162 e. The number of carbonyl (C=O) groups is 1. The van der Waals surface area contributed by atoms with Crippen LogP contribution in [0.3, 0.4) is 0 Å². The normalized spacial score (nSPS) is 22.5. The molecular formula is C32H30N2O. The van der Waals surface area contributed by atoms with Gasteiger partial charge in [-0.1, -0.05) is 84.9 Å². The molecule has 0 fully saturated rings. The van der Waals surface area contributed by atoms with Crippen molar-refractivity contribution >= 4 is 27.9 Å². The standard InChI is InChI=1S/C32H30N2O/c1-23-31-29(21-12-22-30(31)35)34(28-20-11-14-24-13-9-10-19-27(24)28)32(2,25-15-5-3-6-16-25)33(23)26-17-7-4-8-18-26/h3-11,13-20,23H,12,21-22H2,1-2H3. The molecule has 35 heavy (non-hydrogen) atoms. The van der Waals surface area contributed by atoms with Crippen LogP contribution in [0.2, 0.25) is 0 Å². The van der Waals surface area contributed by atoms with Crippen molar-refractivity contribution < 1.29 is 4.79 Å². The lowest BCUT2D eigenvalue weighted by atomic mass is 9.80. The predicted octanol–water partition coefficient (Wildman–Crippen LogP) is 7.43. The van der Waals surface area contributed by atoms with E-state index in [0.717, 1.165) is 29.8 Å². The molecule has 2 aliphatic rings. The summed E-state index contributed by atoms with van der Waals surface area (Å²) in [6, 6.07) is 36.3. The molecule has 2 unspecified atom stereocenters. The van der Waals surface area contributed by atoms with Gasteiger partial charge in [0, 0.05) is 28.8 Å². The number of para-hydroxylation sites is 1. The second kappa shape index (κ2) is 8.42. The summed E-state index contributed by atoms with van der Waals surface area (Å²) in [5, 5.41) is 2.40. The largest absolute Gasteiger partial charge is 0.338 e. The molecule has 3 heteroatoms. The number of nitrogens with zero attached hydrogens (tertiary/aromatic N) is 2. The molecule has 1 aliphatic heterocycles. The van der Waals surface area contributed by atoms with E-state index < -0.39 is 5.66 Å². The van der Waals surface area contributed by atoms with Gasteiger partial charge in [-0.25, -0.2) is 0 Å². The molecule has 0 radical (unpaired) electrons. The van der Waals surface area contributed by atoms with Crippen molar-refractivity contribution in [2.24, 2.45) is 0 Å². The van der Waals surface area contributed by atoms with Crippen LogP contribution < -0.4 is 9.80 Å². The van der Waals surface area contributed by atoms with Gasteiger partial charge < -0.3 is 9.80 Å². The monoisotopic (exact) mass is 458 g/mol. The van der Waals surface area contributed by atoms with Gasteiger partial charge in [-0.3, -0.25) is 4.79 Å². The van der Waals surface area contributed by atoms with E-state index in [1.807, 2.05) is 0 Å². The van der Waals surface area contributed by atoms with E-state index >= 15 is 0 Å². The fraction of sp³-hybridized carbons (Fsp3) is 0.219. The molecule has 2 atom stereocenters. The third-order valence-corrected chi connectivity index (χ3v) is 7.77. The Morgan fingerprint density at radius 2 is 1.43 bits per heavy atom. The van der Waals surface area contributed by atoms with Crippen molar-refractivity contribution in [2.75, 3.05) is 9.80 Å². The Bertz CT molecular complexity index is 1420. The molecule has 3 nitrogen and oxygen atoms in total. The molecule has 0 N–H and O–H groups in total. The Hall–Kier alpha value is -3.85. The molecule has 0 spiro atoms. The first-order valence-electron chi connectivity index (χ1n) is 12.5. The average Bonchev–Trinajstić information content (AvgIpc) is 2.90. The first-order chi connectivity index (χ1) is 17.1. The third-order valence-electron chi connectivity index (χ3n) is 7.77. The Morgan fingerprint density at radius 1 is 0.771 bits per heavy atom. The molecule has 6 rings (SSSR count). The quantitative estimate of drug-likeness (QED) is 0.319. The number of benzene rings is 4. The Kier molecular flexibility index (Phi) is 5.21. The topological polar surface area (TPSA) is 23.6 Å². The number of hydrogen-bond acceptors (Lipinski definition) is 3. The summed E-state index contributed by atoms with van der Waals surface area (Å²) in [5.41, 5.74) is 5.05. The third kappa shape index (κ3) is 3.30. The van der Waals surface area contributed by atoms with Gasteiger partial charge in [-0.2, -0.15) is 0 Å². The van der Waals surface area contributed by atoms with E-state index in [9.17, 15) is 4.79 Å². The van der Waals surface area contributed by atoms with Crippen molar-refractivity contribution in [2.45, 2.75) is 44.8 Å². The van der Waals surface area contributed by atoms with Crippen LogP contribution in [-0.2, 0) is 10.5 Å². The van der Waals surface area contributed by atoms with E-state index in [2.05, 4.69) is 127 Å². The highest BCUT2D eigenvalue weighted by atomic mass is 16.1. The van der Waals surface area contributed by atoms with Crippen LogP contribution in [0.15, 0.2) is 114 Å². The van der Waals surface area contributed by atoms with Crippen molar-refractivity contribution in [1.29, 1.82) is 0 Å². The van der Waals surface area contributed by atoms with Gasteiger partial charge in [0.25, 0.3) is 0 Å². The maximum atomic E-state index is 13.5. The van der Waals surface area contributed by atoms with E-state index in [-0.39, 0.29) is 11.8 Å². The summed E-state index contributed by atoms with van der Waals surface area (Å²) in [6.07, 6.45) is 2.42. The Balaban J connectivity index is 1.73. The van der Waals surface area contributed by atoms with Crippen LogP contribution in [0.25, 0.3) is 10.8 Å². The van der Waals surface area contributed by atoms with Gasteiger partial charge in [-0.05, 0) is 55.8 Å². The Morgan fingerprint density at radius 3 is 2.20 bits per heavy atom. The molecule has 4 aromatic carbocycles. The summed E-state index contributed by atoms with van der Waals surface area (Å²) < 4.78 is 0. The van der Waals surface area contributed by atoms with Crippen LogP contribution >= 0.6 is 0 Å². The van der Waals surface area contributed by atoms with Crippen LogP contribution in [0.5, 0.6) is 0 Å². The van der Waals surface area contributed by atoms with E-state index in [1.54, 1.807) is 0 Å². The molecule has 0 amide bonds. The first kappa shape index (κ1) is 21.7. The SMILES string of the molecule is CC1C2=C(CCCC2=O)N(c2cccc3ccccc23)C(C)(c2ccccc2)N1c1ccccc1. The molecule has 4 aromatic rings. The number of carbonyl (C=O) groups excluding carboxylic acids is 1. The molecule has 1 aliphatic carbocycles. The average molecular weight is 459 g/mol. The van der Waals surface area contributed by atoms with Crippen LogP contribution in [0.1, 0.15) is 38.7 Å². The van der Waals surface area contributed by atoms with E-state index in [1.165, 1.54) is 22.0 Å². The fourth-order valence-corrected chi connectivity index (χ4v) is 6.30. The van der Waals surface area contributed by atoms with E-state index in [4.69, 9.17) is 0 Å². The number of ketones is 1. The van der Waals surface area contributed by atoms with Crippen LogP contribution in [0, 0.1) is 0 Å². The van der Waals surface area contributed by atoms with Crippen molar-refractivity contribution in [3.05, 3.63) is 120 Å². The minimum absolute atomic E-state index is 0.0448. The summed E-state index contributed by atoms with van der Waals surface area (Å²) in [6.45, 7) is 4.52. The number of anilines is 2. The molecular weight excluding hydrogens is 428 g/mol. The number of rotatable bonds is 3. The molecule has 0 saturated carbocycles. The molecule has 0 saturated heterocycles. The second-order valence-corrected chi connectivity index (χ2v) is 9.74. The lowest BCUT2D eigenvalue weighted by Crippen LogP contribution is -2.64. The smallest absolute Gasteiger partial charge is 0.162 e. The van der Waals surface area contributed by atoms with Crippen LogP contribution in [0.4, 0.5) is 11.4 Å². The van der Waals surface area contributed by atoms with Crippen molar-refractivity contribution in [3.63, 3.8) is 0 Å². The zero-order valence-corrected chi connectivity index (χ0v) is 20.3.